The SMILES string of the molecule is CCC(C)C(C(=O)c1cccc(F)c1)c1ccccc1. The monoisotopic (exact) mass is 270 g/mol. The van der Waals surface area contributed by atoms with Crippen LogP contribution >= 0.6 is 0 Å². The van der Waals surface area contributed by atoms with Gasteiger partial charge in [-0.25, -0.2) is 4.39 Å². The summed E-state index contributed by atoms with van der Waals surface area (Å²) >= 11 is 0. The van der Waals surface area contributed by atoms with Crippen LogP contribution in [0.1, 0.15) is 42.1 Å². The van der Waals surface area contributed by atoms with Gasteiger partial charge in [0.2, 0.25) is 0 Å². The second kappa shape index (κ2) is 6.47. The maximum absolute atomic E-state index is 13.3. The quantitative estimate of drug-likeness (QED) is 0.711. The van der Waals surface area contributed by atoms with Crippen molar-refractivity contribution >= 4 is 5.78 Å². The lowest BCUT2D eigenvalue weighted by molar-refractivity contribution is 0.0931. The van der Waals surface area contributed by atoms with Crippen molar-refractivity contribution < 1.29 is 9.18 Å². The first kappa shape index (κ1) is 14.4. The van der Waals surface area contributed by atoms with E-state index in [4.69, 9.17) is 0 Å². The van der Waals surface area contributed by atoms with Crippen molar-refractivity contribution in [3.05, 3.63) is 71.5 Å². The summed E-state index contributed by atoms with van der Waals surface area (Å²) in [5.74, 6) is -0.381. The van der Waals surface area contributed by atoms with Gasteiger partial charge >= 0.3 is 0 Å². The van der Waals surface area contributed by atoms with Gasteiger partial charge in [-0.2, -0.15) is 0 Å². The minimum absolute atomic E-state index is 0.00921. The molecule has 0 aromatic heterocycles. The van der Waals surface area contributed by atoms with Crippen molar-refractivity contribution in [3.63, 3.8) is 0 Å². The van der Waals surface area contributed by atoms with E-state index in [2.05, 4.69) is 13.8 Å². The summed E-state index contributed by atoms with van der Waals surface area (Å²) in [5.41, 5.74) is 1.44. The fourth-order valence-corrected chi connectivity index (χ4v) is 2.46. The Hall–Kier alpha value is -1.96. The molecule has 104 valence electrons. The number of ketones is 1. The van der Waals surface area contributed by atoms with Crippen LogP contribution < -0.4 is 0 Å². The maximum Gasteiger partial charge on any atom is 0.170 e. The highest BCUT2D eigenvalue weighted by molar-refractivity contribution is 6.01. The van der Waals surface area contributed by atoms with Crippen molar-refractivity contribution in [2.45, 2.75) is 26.2 Å². The number of carbonyl (C=O) groups excluding carboxylic acids is 1. The molecule has 0 N–H and O–H groups in total. The Morgan fingerprint density at radius 1 is 1.10 bits per heavy atom. The van der Waals surface area contributed by atoms with Crippen molar-refractivity contribution in [1.82, 2.24) is 0 Å². The molecule has 0 heterocycles. The lowest BCUT2D eigenvalue weighted by Crippen LogP contribution is -2.20. The Labute approximate surface area is 119 Å². The summed E-state index contributed by atoms with van der Waals surface area (Å²) in [6, 6.07) is 15.7. The second-order valence-corrected chi connectivity index (χ2v) is 5.15. The van der Waals surface area contributed by atoms with Gasteiger partial charge in [-0.15, -0.1) is 0 Å². The summed E-state index contributed by atoms with van der Waals surface area (Å²) in [4.78, 5) is 12.7. The normalized spacial score (nSPS) is 13.8. The van der Waals surface area contributed by atoms with E-state index in [1.807, 2.05) is 30.3 Å². The largest absolute Gasteiger partial charge is 0.293 e. The molecule has 0 saturated heterocycles. The molecule has 0 bridgehead atoms. The molecule has 20 heavy (non-hydrogen) atoms. The van der Waals surface area contributed by atoms with Gasteiger partial charge in [-0.3, -0.25) is 4.79 Å². The third kappa shape index (κ3) is 3.13. The summed E-state index contributed by atoms with van der Waals surface area (Å²) in [6.07, 6.45) is 0.903. The summed E-state index contributed by atoms with van der Waals surface area (Å²) in [6.45, 7) is 4.13. The van der Waals surface area contributed by atoms with Crippen LogP contribution in [0.2, 0.25) is 0 Å². The first-order chi connectivity index (χ1) is 9.63. The fraction of sp³-hybridized carbons (Fsp3) is 0.278. The first-order valence-electron chi connectivity index (χ1n) is 6.98. The van der Waals surface area contributed by atoms with Crippen LogP contribution in [0, 0.1) is 11.7 Å². The van der Waals surface area contributed by atoms with Gasteiger partial charge < -0.3 is 0 Å². The number of halogens is 1. The highest BCUT2D eigenvalue weighted by atomic mass is 19.1. The van der Waals surface area contributed by atoms with E-state index in [-0.39, 0.29) is 23.4 Å². The van der Waals surface area contributed by atoms with Gasteiger partial charge in [0.1, 0.15) is 5.82 Å². The van der Waals surface area contributed by atoms with Crippen molar-refractivity contribution in [1.29, 1.82) is 0 Å². The Kier molecular flexibility index (Phi) is 4.67. The van der Waals surface area contributed by atoms with Crippen LogP contribution in [0.15, 0.2) is 54.6 Å². The van der Waals surface area contributed by atoms with Crippen molar-refractivity contribution in [2.75, 3.05) is 0 Å². The lowest BCUT2D eigenvalue weighted by atomic mass is 9.80. The summed E-state index contributed by atoms with van der Waals surface area (Å²) in [5, 5.41) is 0. The predicted octanol–water partition coefficient (Wildman–Crippen LogP) is 4.84. The van der Waals surface area contributed by atoms with Gasteiger partial charge in [0.15, 0.2) is 5.78 Å². The number of hydrogen-bond donors (Lipinski definition) is 0. The van der Waals surface area contributed by atoms with Crippen LogP contribution in [-0.4, -0.2) is 5.78 Å². The van der Waals surface area contributed by atoms with Crippen molar-refractivity contribution in [3.8, 4) is 0 Å². The molecule has 2 heteroatoms. The second-order valence-electron chi connectivity index (χ2n) is 5.15. The molecule has 0 aliphatic rings. The maximum atomic E-state index is 13.3. The molecule has 2 aromatic carbocycles. The van der Waals surface area contributed by atoms with Crippen LogP contribution in [0.5, 0.6) is 0 Å². The third-order valence-electron chi connectivity index (χ3n) is 3.76. The molecule has 0 spiro atoms. The third-order valence-corrected chi connectivity index (χ3v) is 3.76. The molecule has 0 aliphatic heterocycles. The molecule has 1 nitrogen and oxygen atoms in total. The Balaban J connectivity index is 2.39. The molecule has 0 aliphatic carbocycles. The van der Waals surface area contributed by atoms with E-state index in [0.717, 1.165) is 12.0 Å². The topological polar surface area (TPSA) is 17.1 Å². The highest BCUT2D eigenvalue weighted by Crippen LogP contribution is 2.30. The van der Waals surface area contributed by atoms with E-state index in [9.17, 15) is 9.18 Å². The molecule has 2 rings (SSSR count). The first-order valence-corrected chi connectivity index (χ1v) is 6.98. The van der Waals surface area contributed by atoms with E-state index in [0.29, 0.717) is 5.56 Å². The zero-order valence-electron chi connectivity index (χ0n) is 11.8. The molecule has 0 fully saturated rings. The van der Waals surface area contributed by atoms with Crippen LogP contribution in [0.3, 0.4) is 0 Å². The Bertz CT molecular complexity index is 577. The van der Waals surface area contributed by atoms with Gasteiger partial charge in [-0.1, -0.05) is 62.7 Å². The average Bonchev–Trinajstić information content (AvgIpc) is 2.48. The molecule has 0 amide bonds. The Morgan fingerprint density at radius 2 is 1.80 bits per heavy atom. The molecular formula is C18H19FO. The van der Waals surface area contributed by atoms with Gasteiger partial charge in [0.25, 0.3) is 0 Å². The zero-order chi connectivity index (χ0) is 14.5. The van der Waals surface area contributed by atoms with Crippen LogP contribution in [0.4, 0.5) is 4.39 Å². The minimum atomic E-state index is -0.369. The van der Waals surface area contributed by atoms with Gasteiger partial charge in [0, 0.05) is 11.5 Å². The molecule has 2 unspecified atom stereocenters. The number of benzene rings is 2. The Morgan fingerprint density at radius 3 is 2.40 bits per heavy atom. The molecule has 0 radical (unpaired) electrons. The van der Waals surface area contributed by atoms with Crippen molar-refractivity contribution in [2.24, 2.45) is 5.92 Å². The van der Waals surface area contributed by atoms with E-state index in [1.165, 1.54) is 12.1 Å². The highest BCUT2D eigenvalue weighted by Gasteiger charge is 2.26. The molecule has 2 aromatic rings. The average molecular weight is 270 g/mol. The number of hydrogen-bond acceptors (Lipinski definition) is 1. The fourth-order valence-electron chi connectivity index (χ4n) is 2.46. The van der Waals surface area contributed by atoms with Gasteiger partial charge in [-0.05, 0) is 23.6 Å². The molecular weight excluding hydrogens is 251 g/mol. The smallest absolute Gasteiger partial charge is 0.170 e. The van der Waals surface area contributed by atoms with E-state index >= 15 is 0 Å². The molecule has 0 saturated carbocycles. The minimum Gasteiger partial charge on any atom is -0.293 e. The number of Topliss-reactive ketones (excluding diaryl/α,β-unsaturated/α-hetero) is 1. The molecule has 2 atom stereocenters. The van der Waals surface area contributed by atoms with E-state index in [1.54, 1.807) is 12.1 Å². The van der Waals surface area contributed by atoms with Crippen LogP contribution in [0.25, 0.3) is 0 Å². The number of rotatable bonds is 5. The predicted molar refractivity (Wildman–Crippen MR) is 79.4 cm³/mol. The standard InChI is InChI=1S/C18H19FO/c1-3-13(2)17(14-8-5-4-6-9-14)18(20)15-10-7-11-16(19)12-15/h4-13,17H,3H2,1-2H3. The number of carbonyl (C=O) groups is 1. The van der Waals surface area contributed by atoms with Crippen LogP contribution in [-0.2, 0) is 0 Å². The zero-order valence-corrected chi connectivity index (χ0v) is 11.8. The summed E-state index contributed by atoms with van der Waals surface area (Å²) < 4.78 is 13.3. The van der Waals surface area contributed by atoms with E-state index < -0.39 is 0 Å². The van der Waals surface area contributed by atoms with Gasteiger partial charge in [0.05, 0.1) is 0 Å². The summed E-state index contributed by atoms with van der Waals surface area (Å²) in [7, 11) is 0. The lowest BCUT2D eigenvalue weighted by Gasteiger charge is -2.22.